The highest BCUT2D eigenvalue weighted by Crippen LogP contribution is 2.37. The molecule has 4 rings (SSSR count). The summed E-state index contributed by atoms with van der Waals surface area (Å²) >= 11 is 6.01. The number of fused-ring (bicyclic) bond motifs is 1. The van der Waals surface area contributed by atoms with Gasteiger partial charge in [-0.1, -0.05) is 66.2 Å². The molecule has 0 aliphatic carbocycles. The molecule has 1 aliphatic rings. The van der Waals surface area contributed by atoms with Crippen LogP contribution in [-0.2, 0) is 35.3 Å². The molecule has 1 unspecified atom stereocenters. The van der Waals surface area contributed by atoms with Gasteiger partial charge in [-0.15, -0.1) is 0 Å². The molecule has 0 fully saturated rings. The van der Waals surface area contributed by atoms with Crippen molar-refractivity contribution in [2.24, 2.45) is 0 Å². The fourth-order valence-electron chi connectivity index (χ4n) is 4.68. The SMILES string of the molecule is CC1(Cc2ccc(Cl)cc2)Cc2cc(CC(=O)N(CCCc3ccccc3)CC(=O)O)ccc2O1. The smallest absolute Gasteiger partial charge is 0.323 e. The Labute approximate surface area is 211 Å². The Bertz CT molecular complexity index is 1180. The lowest BCUT2D eigenvalue weighted by Gasteiger charge is -2.24. The van der Waals surface area contributed by atoms with Crippen molar-refractivity contribution in [2.75, 3.05) is 13.1 Å². The highest BCUT2D eigenvalue weighted by molar-refractivity contribution is 6.30. The third kappa shape index (κ3) is 6.86. The van der Waals surface area contributed by atoms with Crippen molar-refractivity contribution < 1.29 is 19.4 Å². The number of benzene rings is 3. The zero-order valence-electron chi connectivity index (χ0n) is 19.9. The first-order valence-electron chi connectivity index (χ1n) is 11.9. The molecule has 6 heteroatoms. The molecule has 1 atom stereocenters. The van der Waals surface area contributed by atoms with E-state index < -0.39 is 5.97 Å². The number of carboxylic acid groups (broad SMARTS) is 1. The number of nitrogens with zero attached hydrogens (tertiary/aromatic N) is 1. The van der Waals surface area contributed by atoms with E-state index in [1.807, 2.05) is 72.8 Å². The Kier molecular flexibility index (Phi) is 7.76. The maximum absolute atomic E-state index is 13.0. The van der Waals surface area contributed by atoms with Crippen molar-refractivity contribution >= 4 is 23.5 Å². The molecule has 1 heterocycles. The lowest BCUT2D eigenvalue weighted by molar-refractivity contribution is -0.144. The van der Waals surface area contributed by atoms with Gasteiger partial charge in [0, 0.05) is 24.4 Å². The van der Waals surface area contributed by atoms with Crippen LogP contribution < -0.4 is 4.74 Å². The van der Waals surface area contributed by atoms with E-state index >= 15 is 0 Å². The number of hydrogen-bond donors (Lipinski definition) is 1. The number of hydrogen-bond acceptors (Lipinski definition) is 3. The van der Waals surface area contributed by atoms with Gasteiger partial charge in [0.05, 0.1) is 6.42 Å². The molecule has 0 radical (unpaired) electrons. The molecule has 1 amide bonds. The number of halogens is 1. The van der Waals surface area contributed by atoms with Gasteiger partial charge in [0.1, 0.15) is 17.9 Å². The Morgan fingerprint density at radius 1 is 1.00 bits per heavy atom. The van der Waals surface area contributed by atoms with Crippen LogP contribution in [0.25, 0.3) is 0 Å². The van der Waals surface area contributed by atoms with E-state index in [0.717, 1.165) is 41.7 Å². The van der Waals surface area contributed by atoms with E-state index in [1.54, 1.807) is 0 Å². The summed E-state index contributed by atoms with van der Waals surface area (Å²) < 4.78 is 6.28. The van der Waals surface area contributed by atoms with Gasteiger partial charge in [-0.05, 0) is 60.2 Å². The number of aliphatic carboxylic acids is 1. The largest absolute Gasteiger partial charge is 0.487 e. The third-order valence-corrected chi connectivity index (χ3v) is 6.56. The minimum atomic E-state index is -1.00. The average Bonchev–Trinajstić information content (AvgIpc) is 3.15. The molecule has 1 aliphatic heterocycles. The number of rotatable bonds is 10. The number of ether oxygens (including phenoxy) is 1. The highest BCUT2D eigenvalue weighted by Gasteiger charge is 2.35. The van der Waals surface area contributed by atoms with Crippen molar-refractivity contribution in [2.45, 2.75) is 44.6 Å². The van der Waals surface area contributed by atoms with Gasteiger partial charge in [-0.2, -0.15) is 0 Å². The van der Waals surface area contributed by atoms with Gasteiger partial charge >= 0.3 is 5.97 Å². The summed E-state index contributed by atoms with van der Waals surface area (Å²) in [5, 5.41) is 10.0. The zero-order valence-corrected chi connectivity index (χ0v) is 20.6. The van der Waals surface area contributed by atoms with Crippen LogP contribution in [0.2, 0.25) is 5.02 Å². The second-order valence-electron chi connectivity index (χ2n) is 9.45. The van der Waals surface area contributed by atoms with E-state index in [-0.39, 0.29) is 24.5 Å². The topological polar surface area (TPSA) is 66.8 Å². The van der Waals surface area contributed by atoms with E-state index in [0.29, 0.717) is 18.0 Å². The van der Waals surface area contributed by atoms with E-state index in [4.69, 9.17) is 16.3 Å². The summed E-state index contributed by atoms with van der Waals surface area (Å²) in [7, 11) is 0. The quantitative estimate of drug-likeness (QED) is 0.414. The minimum Gasteiger partial charge on any atom is -0.487 e. The normalized spacial score (nSPS) is 16.4. The molecule has 3 aromatic carbocycles. The minimum absolute atomic E-state index is 0.166. The molecule has 1 N–H and O–H groups in total. The summed E-state index contributed by atoms with van der Waals surface area (Å²) in [6, 6.07) is 23.6. The monoisotopic (exact) mass is 491 g/mol. The Hall–Kier alpha value is -3.31. The summed E-state index contributed by atoms with van der Waals surface area (Å²) in [5.41, 5.74) is 3.90. The zero-order chi connectivity index (χ0) is 24.8. The average molecular weight is 492 g/mol. The summed E-state index contributed by atoms with van der Waals surface area (Å²) in [6.07, 6.45) is 3.17. The number of carboxylic acids is 1. The molecule has 0 aromatic heterocycles. The maximum atomic E-state index is 13.0. The molecule has 35 heavy (non-hydrogen) atoms. The Morgan fingerprint density at radius 2 is 1.71 bits per heavy atom. The van der Waals surface area contributed by atoms with Crippen LogP contribution in [0.5, 0.6) is 5.75 Å². The molecule has 3 aromatic rings. The van der Waals surface area contributed by atoms with Crippen LogP contribution in [0.15, 0.2) is 72.8 Å². The second kappa shape index (κ2) is 11.0. The predicted octanol–water partition coefficient (Wildman–Crippen LogP) is 5.36. The maximum Gasteiger partial charge on any atom is 0.323 e. The van der Waals surface area contributed by atoms with Crippen molar-refractivity contribution in [3.63, 3.8) is 0 Å². The molecular weight excluding hydrogens is 462 g/mol. The summed E-state index contributed by atoms with van der Waals surface area (Å²) in [4.78, 5) is 25.8. The molecule has 0 saturated carbocycles. The molecule has 0 saturated heterocycles. The van der Waals surface area contributed by atoms with Crippen molar-refractivity contribution in [1.82, 2.24) is 4.90 Å². The third-order valence-electron chi connectivity index (χ3n) is 6.31. The standard InChI is InChI=1S/C29H30ClNO4/c1-29(18-22-9-12-25(30)13-10-22)19-24-16-23(11-14-26(24)35-29)17-27(32)31(20-28(33)34)15-5-8-21-6-3-2-4-7-21/h2-4,6-7,9-14,16H,5,8,15,17-20H2,1H3,(H,33,34). The van der Waals surface area contributed by atoms with E-state index in [1.165, 1.54) is 10.5 Å². The van der Waals surface area contributed by atoms with Crippen LogP contribution in [0.3, 0.4) is 0 Å². The predicted molar refractivity (Wildman–Crippen MR) is 137 cm³/mol. The number of amides is 1. The highest BCUT2D eigenvalue weighted by atomic mass is 35.5. The summed E-state index contributed by atoms with van der Waals surface area (Å²) in [6.45, 7) is 2.21. The van der Waals surface area contributed by atoms with Gasteiger partial charge in [0.15, 0.2) is 0 Å². The number of carbonyl (C=O) groups is 2. The Morgan fingerprint density at radius 3 is 2.43 bits per heavy atom. The van der Waals surface area contributed by atoms with Crippen molar-refractivity contribution in [3.05, 3.63) is 100 Å². The number of carbonyl (C=O) groups excluding carboxylic acids is 1. The lowest BCUT2D eigenvalue weighted by Crippen LogP contribution is -2.37. The first-order valence-corrected chi connectivity index (χ1v) is 12.3. The van der Waals surface area contributed by atoms with Crippen LogP contribution in [0, 0.1) is 0 Å². The van der Waals surface area contributed by atoms with Crippen LogP contribution in [-0.4, -0.2) is 40.6 Å². The van der Waals surface area contributed by atoms with Crippen LogP contribution in [0.4, 0.5) is 0 Å². The van der Waals surface area contributed by atoms with Crippen LogP contribution in [0.1, 0.15) is 35.6 Å². The second-order valence-corrected chi connectivity index (χ2v) is 9.89. The van der Waals surface area contributed by atoms with Gasteiger partial charge in [-0.3, -0.25) is 9.59 Å². The first kappa shape index (κ1) is 24.8. The van der Waals surface area contributed by atoms with E-state index in [2.05, 4.69) is 6.92 Å². The molecule has 182 valence electrons. The molecule has 5 nitrogen and oxygen atoms in total. The Balaban J connectivity index is 1.37. The van der Waals surface area contributed by atoms with Gasteiger partial charge in [0.2, 0.25) is 5.91 Å². The fourth-order valence-corrected chi connectivity index (χ4v) is 4.80. The number of aryl methyl sites for hydroxylation is 1. The first-order chi connectivity index (χ1) is 16.8. The lowest BCUT2D eigenvalue weighted by atomic mass is 9.91. The molecule has 0 bridgehead atoms. The molecule has 0 spiro atoms. The van der Waals surface area contributed by atoms with Crippen LogP contribution >= 0.6 is 11.6 Å². The van der Waals surface area contributed by atoms with Crippen molar-refractivity contribution in [1.29, 1.82) is 0 Å². The van der Waals surface area contributed by atoms with E-state index in [9.17, 15) is 14.7 Å². The van der Waals surface area contributed by atoms with Gasteiger partial charge in [0.25, 0.3) is 0 Å². The van der Waals surface area contributed by atoms with Gasteiger partial charge in [-0.25, -0.2) is 0 Å². The van der Waals surface area contributed by atoms with Gasteiger partial charge < -0.3 is 14.7 Å². The fraction of sp³-hybridized carbons (Fsp3) is 0.310. The molecular formula is C29H30ClNO4. The van der Waals surface area contributed by atoms with Crippen molar-refractivity contribution in [3.8, 4) is 5.75 Å². The summed E-state index contributed by atoms with van der Waals surface area (Å²) in [5.74, 6) is -0.343.